The van der Waals surface area contributed by atoms with Gasteiger partial charge in [0.05, 0.1) is 5.56 Å². The minimum absolute atomic E-state index is 0.0276. The standard InChI is InChI=1S/C39H56O3/c1-8-24-41-31-15-12-29(13-16-31)37(40)42-32-20-22-38(6)30(25-32)14-17-33-35-19-18-34(39(35,7)23-21-36(33)38)27(5)10-11-28(9-2)26(3)4/h8,10-16,26-28,32-36H,1,9,17-25H2,2-7H3/b11-10+/t27-,28+,32-,33+,34+,35-,36+,38+,39-/m1/s1. The lowest BCUT2D eigenvalue weighted by atomic mass is 9.47. The Bertz CT molecular complexity index is 1160. The molecule has 42 heavy (non-hydrogen) atoms. The minimum atomic E-state index is -0.222. The second kappa shape index (κ2) is 12.7. The summed E-state index contributed by atoms with van der Waals surface area (Å²) in [6.45, 7) is 18.9. The van der Waals surface area contributed by atoms with Gasteiger partial charge in [0, 0.05) is 6.42 Å². The molecular formula is C39H56O3. The van der Waals surface area contributed by atoms with E-state index in [0.29, 0.717) is 29.4 Å². The Morgan fingerprint density at radius 1 is 1.02 bits per heavy atom. The van der Waals surface area contributed by atoms with Crippen molar-refractivity contribution < 1.29 is 14.3 Å². The van der Waals surface area contributed by atoms with Crippen LogP contribution in [0.4, 0.5) is 0 Å². The van der Waals surface area contributed by atoms with E-state index < -0.39 is 0 Å². The zero-order chi connectivity index (χ0) is 30.1. The average Bonchev–Trinajstić information content (AvgIpc) is 3.34. The normalized spacial score (nSPS) is 35.5. The van der Waals surface area contributed by atoms with Crippen LogP contribution in [0, 0.1) is 52.3 Å². The summed E-state index contributed by atoms with van der Waals surface area (Å²) in [7, 11) is 0. The van der Waals surface area contributed by atoms with Crippen LogP contribution < -0.4 is 4.74 Å². The van der Waals surface area contributed by atoms with Gasteiger partial charge in [0.2, 0.25) is 0 Å². The van der Waals surface area contributed by atoms with Crippen molar-refractivity contribution in [3.63, 3.8) is 0 Å². The lowest BCUT2D eigenvalue weighted by Crippen LogP contribution is -2.51. The third-order valence-electron chi connectivity index (χ3n) is 12.5. The van der Waals surface area contributed by atoms with Gasteiger partial charge in [0.1, 0.15) is 18.5 Å². The molecule has 9 atom stereocenters. The molecule has 3 fully saturated rings. The molecule has 3 nitrogen and oxygen atoms in total. The minimum Gasteiger partial charge on any atom is -0.490 e. The zero-order valence-corrected chi connectivity index (χ0v) is 27.2. The average molecular weight is 573 g/mol. The maximum absolute atomic E-state index is 13.0. The van der Waals surface area contributed by atoms with E-state index in [1.807, 2.05) is 12.1 Å². The van der Waals surface area contributed by atoms with Gasteiger partial charge in [-0.2, -0.15) is 0 Å². The van der Waals surface area contributed by atoms with E-state index in [1.165, 1.54) is 38.5 Å². The predicted octanol–water partition coefficient (Wildman–Crippen LogP) is 10.2. The number of carbonyl (C=O) groups is 1. The van der Waals surface area contributed by atoms with Crippen LogP contribution >= 0.6 is 0 Å². The van der Waals surface area contributed by atoms with Gasteiger partial charge in [0.15, 0.2) is 0 Å². The summed E-state index contributed by atoms with van der Waals surface area (Å²) in [4.78, 5) is 13.0. The maximum atomic E-state index is 13.0. The van der Waals surface area contributed by atoms with Crippen molar-refractivity contribution in [1.82, 2.24) is 0 Å². The number of hydrogen-bond donors (Lipinski definition) is 0. The molecule has 0 radical (unpaired) electrons. The first-order valence-electron chi connectivity index (χ1n) is 17.0. The molecule has 1 aromatic rings. The van der Waals surface area contributed by atoms with E-state index in [4.69, 9.17) is 9.47 Å². The molecule has 3 heteroatoms. The lowest BCUT2D eigenvalue weighted by molar-refractivity contribution is -0.0565. The third kappa shape index (κ3) is 5.91. The molecule has 3 saturated carbocycles. The molecule has 0 bridgehead atoms. The van der Waals surface area contributed by atoms with Crippen LogP contribution in [-0.4, -0.2) is 18.7 Å². The summed E-state index contributed by atoms with van der Waals surface area (Å²) in [5, 5.41) is 0. The Balaban J connectivity index is 1.23. The summed E-state index contributed by atoms with van der Waals surface area (Å²) in [5.41, 5.74) is 2.88. The topological polar surface area (TPSA) is 35.5 Å². The molecular weight excluding hydrogens is 516 g/mol. The summed E-state index contributed by atoms with van der Waals surface area (Å²) in [6.07, 6.45) is 20.4. The molecule has 4 aliphatic rings. The first-order chi connectivity index (χ1) is 20.1. The quantitative estimate of drug-likeness (QED) is 0.207. The second-order valence-electron chi connectivity index (χ2n) is 14.9. The maximum Gasteiger partial charge on any atom is 0.338 e. The van der Waals surface area contributed by atoms with Gasteiger partial charge < -0.3 is 9.47 Å². The third-order valence-corrected chi connectivity index (χ3v) is 12.5. The highest BCUT2D eigenvalue weighted by Gasteiger charge is 2.59. The molecule has 0 amide bonds. The van der Waals surface area contributed by atoms with Crippen molar-refractivity contribution >= 4 is 5.97 Å². The van der Waals surface area contributed by atoms with E-state index in [2.05, 4.69) is 66.3 Å². The van der Waals surface area contributed by atoms with Gasteiger partial charge in [-0.05, 0) is 128 Å². The van der Waals surface area contributed by atoms with Crippen LogP contribution in [0.25, 0.3) is 0 Å². The fourth-order valence-electron chi connectivity index (χ4n) is 9.98. The van der Waals surface area contributed by atoms with E-state index in [1.54, 1.807) is 23.8 Å². The molecule has 0 aliphatic heterocycles. The highest BCUT2D eigenvalue weighted by Crippen LogP contribution is 2.67. The van der Waals surface area contributed by atoms with Gasteiger partial charge in [0.25, 0.3) is 0 Å². The molecule has 0 heterocycles. The zero-order valence-electron chi connectivity index (χ0n) is 27.2. The van der Waals surface area contributed by atoms with Gasteiger partial charge in [-0.3, -0.25) is 0 Å². The van der Waals surface area contributed by atoms with E-state index in [-0.39, 0.29) is 17.5 Å². The Kier molecular flexibility index (Phi) is 9.45. The number of esters is 1. The Morgan fingerprint density at radius 3 is 2.48 bits per heavy atom. The molecule has 1 aromatic carbocycles. The molecule has 0 aromatic heterocycles. The van der Waals surface area contributed by atoms with Crippen LogP contribution in [-0.2, 0) is 4.74 Å². The Morgan fingerprint density at radius 2 is 1.79 bits per heavy atom. The van der Waals surface area contributed by atoms with Crippen molar-refractivity contribution in [2.75, 3.05) is 6.61 Å². The molecule has 0 saturated heterocycles. The second-order valence-corrected chi connectivity index (χ2v) is 14.9. The van der Waals surface area contributed by atoms with Crippen molar-refractivity contribution in [1.29, 1.82) is 0 Å². The molecule has 0 spiro atoms. The number of rotatable bonds is 10. The van der Waals surface area contributed by atoms with Crippen LogP contribution in [0.5, 0.6) is 5.75 Å². The Hall–Kier alpha value is -2.29. The molecule has 5 rings (SSSR count). The Labute approximate surface area is 256 Å². The highest BCUT2D eigenvalue weighted by atomic mass is 16.5. The number of hydrogen-bond acceptors (Lipinski definition) is 3. The van der Waals surface area contributed by atoms with Crippen LogP contribution in [0.1, 0.15) is 110 Å². The monoisotopic (exact) mass is 572 g/mol. The number of fused-ring (bicyclic) bond motifs is 5. The van der Waals surface area contributed by atoms with E-state index >= 15 is 0 Å². The molecule has 0 unspecified atom stereocenters. The van der Waals surface area contributed by atoms with Crippen molar-refractivity contribution in [2.24, 2.45) is 52.3 Å². The number of carbonyl (C=O) groups excluding carboxylic acids is 1. The van der Waals surface area contributed by atoms with Crippen LogP contribution in [0.2, 0.25) is 0 Å². The predicted molar refractivity (Wildman–Crippen MR) is 173 cm³/mol. The van der Waals surface area contributed by atoms with E-state index in [0.717, 1.165) is 54.6 Å². The van der Waals surface area contributed by atoms with Crippen molar-refractivity contribution in [3.05, 3.63) is 66.3 Å². The van der Waals surface area contributed by atoms with Crippen molar-refractivity contribution in [3.8, 4) is 5.75 Å². The molecule has 230 valence electrons. The van der Waals surface area contributed by atoms with Crippen LogP contribution in [0.15, 0.2) is 60.7 Å². The summed E-state index contributed by atoms with van der Waals surface area (Å²) >= 11 is 0. The SMILES string of the molecule is C=CCOc1ccc(C(=O)O[C@@H]2CC[C@@]3(C)C(=CC[C@H]4[C@H]5CC[C@@H]([C@H](C)/C=C/[C@H](CC)C(C)C)[C@@]5(C)CC[C@@H]43)C2)cc1. The van der Waals surface area contributed by atoms with Gasteiger partial charge in [-0.25, -0.2) is 4.79 Å². The van der Waals surface area contributed by atoms with Crippen molar-refractivity contribution in [2.45, 2.75) is 105 Å². The number of benzene rings is 1. The van der Waals surface area contributed by atoms with Crippen LogP contribution in [0.3, 0.4) is 0 Å². The lowest BCUT2D eigenvalue weighted by Gasteiger charge is -2.58. The summed E-state index contributed by atoms with van der Waals surface area (Å²) in [6, 6.07) is 7.26. The summed E-state index contributed by atoms with van der Waals surface area (Å²) < 4.78 is 11.6. The summed E-state index contributed by atoms with van der Waals surface area (Å²) in [5.74, 6) is 5.82. The highest BCUT2D eigenvalue weighted by molar-refractivity contribution is 5.89. The van der Waals surface area contributed by atoms with Gasteiger partial charge in [-0.1, -0.05) is 78.0 Å². The van der Waals surface area contributed by atoms with E-state index in [9.17, 15) is 4.79 Å². The van der Waals surface area contributed by atoms with Gasteiger partial charge in [-0.15, -0.1) is 0 Å². The first-order valence-corrected chi connectivity index (χ1v) is 17.0. The fourth-order valence-corrected chi connectivity index (χ4v) is 9.98. The number of allylic oxidation sites excluding steroid dienone is 3. The first kappa shape index (κ1) is 31.1. The smallest absolute Gasteiger partial charge is 0.338 e. The number of ether oxygens (including phenoxy) is 2. The molecule has 4 aliphatic carbocycles. The largest absolute Gasteiger partial charge is 0.490 e. The molecule has 0 N–H and O–H groups in total. The fraction of sp³-hybridized carbons (Fsp3) is 0.667. The van der Waals surface area contributed by atoms with Gasteiger partial charge >= 0.3 is 5.97 Å².